The van der Waals surface area contributed by atoms with Crippen LogP contribution in [0.25, 0.3) is 0 Å². The maximum Gasteiger partial charge on any atom is 0.345 e. The number of carbonyl (C=O) groups is 2. The van der Waals surface area contributed by atoms with Crippen LogP contribution in [-0.4, -0.2) is 32.3 Å². The molecule has 158 valence electrons. The highest BCUT2D eigenvalue weighted by Crippen LogP contribution is 2.27. The first-order chi connectivity index (χ1) is 15.0. The second-order valence-corrected chi connectivity index (χ2v) is 6.62. The van der Waals surface area contributed by atoms with Crippen molar-refractivity contribution in [2.75, 3.05) is 14.2 Å². The molecular formula is C23H19ClN2O5. The molecule has 0 aliphatic carbocycles. The van der Waals surface area contributed by atoms with Crippen LogP contribution in [0.1, 0.15) is 26.3 Å². The minimum atomic E-state index is -0.568. The van der Waals surface area contributed by atoms with Gasteiger partial charge in [0.1, 0.15) is 5.75 Å². The number of ether oxygens (including phenoxy) is 3. The first-order valence-electron chi connectivity index (χ1n) is 9.14. The summed E-state index contributed by atoms with van der Waals surface area (Å²) in [5, 5.41) is 4.26. The SMILES string of the molecule is COc1ccc(C(=O)NN=Cc2cccc(OC(=O)c3ccccc3Cl)c2)cc1OC. The van der Waals surface area contributed by atoms with E-state index in [0.29, 0.717) is 33.4 Å². The molecule has 0 saturated carbocycles. The van der Waals surface area contributed by atoms with Gasteiger partial charge in [-0.1, -0.05) is 35.9 Å². The normalized spacial score (nSPS) is 10.5. The Kier molecular flexibility index (Phi) is 7.24. The number of hydrogen-bond acceptors (Lipinski definition) is 6. The number of hydrazone groups is 1. The van der Waals surface area contributed by atoms with E-state index in [1.54, 1.807) is 66.7 Å². The van der Waals surface area contributed by atoms with Crippen LogP contribution in [0.15, 0.2) is 71.8 Å². The van der Waals surface area contributed by atoms with Gasteiger partial charge in [-0.15, -0.1) is 0 Å². The molecule has 0 unspecified atom stereocenters. The minimum absolute atomic E-state index is 0.269. The quantitative estimate of drug-likeness (QED) is 0.256. The smallest absolute Gasteiger partial charge is 0.345 e. The van der Waals surface area contributed by atoms with Crippen molar-refractivity contribution in [2.45, 2.75) is 0 Å². The molecule has 0 bridgehead atoms. The van der Waals surface area contributed by atoms with Crippen molar-refractivity contribution >= 4 is 29.7 Å². The van der Waals surface area contributed by atoms with Gasteiger partial charge < -0.3 is 14.2 Å². The fourth-order valence-electron chi connectivity index (χ4n) is 2.65. The van der Waals surface area contributed by atoms with Crippen molar-refractivity contribution in [1.82, 2.24) is 5.43 Å². The van der Waals surface area contributed by atoms with Crippen LogP contribution in [0.4, 0.5) is 0 Å². The van der Waals surface area contributed by atoms with Gasteiger partial charge in [0.2, 0.25) is 0 Å². The van der Waals surface area contributed by atoms with E-state index in [0.717, 1.165) is 0 Å². The van der Waals surface area contributed by atoms with Gasteiger partial charge in [-0.3, -0.25) is 4.79 Å². The van der Waals surface area contributed by atoms with E-state index in [-0.39, 0.29) is 5.56 Å². The molecule has 0 atom stereocenters. The number of rotatable bonds is 7. The molecule has 0 aliphatic heterocycles. The van der Waals surface area contributed by atoms with Crippen molar-refractivity contribution in [2.24, 2.45) is 5.10 Å². The number of carbonyl (C=O) groups excluding carboxylic acids is 2. The van der Waals surface area contributed by atoms with Crippen molar-refractivity contribution in [3.8, 4) is 17.2 Å². The summed E-state index contributed by atoms with van der Waals surface area (Å²) in [5.74, 6) is 0.290. The number of nitrogens with zero attached hydrogens (tertiary/aromatic N) is 1. The average Bonchev–Trinajstić information content (AvgIpc) is 2.79. The molecule has 0 aromatic heterocycles. The third-order valence-electron chi connectivity index (χ3n) is 4.19. The summed E-state index contributed by atoms with van der Waals surface area (Å²) in [7, 11) is 3.00. The zero-order valence-corrected chi connectivity index (χ0v) is 17.6. The molecule has 3 rings (SSSR count). The molecule has 1 N–H and O–H groups in total. The summed E-state index contributed by atoms with van der Waals surface area (Å²) in [6.45, 7) is 0. The Labute approximate surface area is 184 Å². The van der Waals surface area contributed by atoms with E-state index in [1.165, 1.54) is 20.4 Å². The molecule has 0 saturated heterocycles. The lowest BCUT2D eigenvalue weighted by Gasteiger charge is -2.08. The fourth-order valence-corrected chi connectivity index (χ4v) is 2.87. The molecule has 3 aromatic rings. The Morgan fingerprint density at radius 2 is 1.71 bits per heavy atom. The Hall–Kier alpha value is -3.84. The molecule has 0 heterocycles. The van der Waals surface area contributed by atoms with Crippen molar-refractivity contribution in [1.29, 1.82) is 0 Å². The predicted molar refractivity (Wildman–Crippen MR) is 117 cm³/mol. The first kappa shape index (κ1) is 21.9. The molecule has 7 nitrogen and oxygen atoms in total. The van der Waals surface area contributed by atoms with Crippen LogP contribution in [0.2, 0.25) is 5.02 Å². The molecule has 0 radical (unpaired) electrons. The molecule has 0 aliphatic rings. The topological polar surface area (TPSA) is 86.2 Å². The Morgan fingerprint density at radius 1 is 0.935 bits per heavy atom. The Balaban J connectivity index is 1.65. The minimum Gasteiger partial charge on any atom is -0.493 e. The molecule has 31 heavy (non-hydrogen) atoms. The lowest BCUT2D eigenvalue weighted by Crippen LogP contribution is -2.17. The summed E-state index contributed by atoms with van der Waals surface area (Å²) in [6, 6.07) is 18.1. The van der Waals surface area contributed by atoms with Gasteiger partial charge in [0.25, 0.3) is 5.91 Å². The zero-order valence-electron chi connectivity index (χ0n) is 16.8. The van der Waals surface area contributed by atoms with Crippen LogP contribution in [0.5, 0.6) is 17.2 Å². The van der Waals surface area contributed by atoms with E-state index in [4.69, 9.17) is 25.8 Å². The second-order valence-electron chi connectivity index (χ2n) is 6.21. The molecule has 0 fully saturated rings. The lowest BCUT2D eigenvalue weighted by molar-refractivity contribution is 0.0734. The van der Waals surface area contributed by atoms with Crippen molar-refractivity contribution in [3.05, 3.63) is 88.4 Å². The van der Waals surface area contributed by atoms with E-state index in [9.17, 15) is 9.59 Å². The van der Waals surface area contributed by atoms with Crippen LogP contribution in [0, 0.1) is 0 Å². The number of methoxy groups -OCH3 is 2. The van der Waals surface area contributed by atoms with Gasteiger partial charge in [-0.2, -0.15) is 5.10 Å². The lowest BCUT2D eigenvalue weighted by atomic mass is 10.2. The van der Waals surface area contributed by atoms with Crippen LogP contribution < -0.4 is 19.6 Å². The third-order valence-corrected chi connectivity index (χ3v) is 4.52. The van der Waals surface area contributed by atoms with Crippen LogP contribution >= 0.6 is 11.6 Å². The van der Waals surface area contributed by atoms with E-state index in [2.05, 4.69) is 10.5 Å². The second kappa shape index (κ2) is 10.3. The van der Waals surface area contributed by atoms with E-state index >= 15 is 0 Å². The van der Waals surface area contributed by atoms with E-state index in [1.807, 2.05) is 0 Å². The number of esters is 1. The maximum atomic E-state index is 12.3. The van der Waals surface area contributed by atoms with Crippen molar-refractivity contribution < 1.29 is 23.8 Å². The number of hydrogen-bond donors (Lipinski definition) is 1. The maximum absolute atomic E-state index is 12.3. The van der Waals surface area contributed by atoms with Crippen LogP contribution in [-0.2, 0) is 0 Å². The van der Waals surface area contributed by atoms with Gasteiger partial charge in [0.05, 0.1) is 31.0 Å². The molecule has 1 amide bonds. The molecule has 0 spiro atoms. The molecular weight excluding hydrogens is 420 g/mol. The van der Waals surface area contributed by atoms with Crippen LogP contribution in [0.3, 0.4) is 0 Å². The molecule has 3 aromatic carbocycles. The third kappa shape index (κ3) is 5.61. The monoisotopic (exact) mass is 438 g/mol. The average molecular weight is 439 g/mol. The number of halogens is 1. The van der Waals surface area contributed by atoms with Gasteiger partial charge >= 0.3 is 5.97 Å². The van der Waals surface area contributed by atoms with E-state index < -0.39 is 11.9 Å². The van der Waals surface area contributed by atoms with Gasteiger partial charge in [-0.05, 0) is 48.0 Å². The Morgan fingerprint density at radius 3 is 2.45 bits per heavy atom. The van der Waals surface area contributed by atoms with Gasteiger partial charge in [0.15, 0.2) is 11.5 Å². The number of benzene rings is 3. The number of amides is 1. The highest BCUT2D eigenvalue weighted by Gasteiger charge is 2.12. The number of nitrogens with one attached hydrogen (secondary N) is 1. The summed E-state index contributed by atoms with van der Waals surface area (Å²) >= 11 is 6.02. The highest BCUT2D eigenvalue weighted by atomic mass is 35.5. The van der Waals surface area contributed by atoms with Gasteiger partial charge in [0, 0.05) is 5.56 Å². The highest BCUT2D eigenvalue weighted by molar-refractivity contribution is 6.33. The summed E-state index contributed by atoms with van der Waals surface area (Å²) in [4.78, 5) is 24.6. The van der Waals surface area contributed by atoms with Gasteiger partial charge in [-0.25, -0.2) is 10.2 Å². The zero-order chi connectivity index (χ0) is 22.2. The molecule has 8 heteroatoms. The predicted octanol–water partition coefficient (Wildman–Crippen LogP) is 4.34. The summed E-state index contributed by atoms with van der Waals surface area (Å²) in [5.41, 5.74) is 3.69. The summed E-state index contributed by atoms with van der Waals surface area (Å²) < 4.78 is 15.7. The largest absolute Gasteiger partial charge is 0.493 e. The van der Waals surface area contributed by atoms with Crippen molar-refractivity contribution in [3.63, 3.8) is 0 Å². The summed E-state index contributed by atoms with van der Waals surface area (Å²) in [6.07, 6.45) is 1.44. The Bertz CT molecular complexity index is 1130. The standard InChI is InChI=1S/C23H19ClN2O5/c1-29-20-11-10-16(13-21(20)30-2)22(27)26-25-14-15-6-5-7-17(12-15)31-23(28)18-8-3-4-9-19(18)24/h3-14H,1-2H3,(H,26,27). The first-order valence-corrected chi connectivity index (χ1v) is 9.52. The fraction of sp³-hybridized carbons (Fsp3) is 0.0870.